The average molecular weight is 478 g/mol. The summed E-state index contributed by atoms with van der Waals surface area (Å²) in [5, 5.41) is 1.07. The number of aromatic nitrogens is 2. The Morgan fingerprint density at radius 1 is 0.941 bits per heavy atom. The van der Waals surface area contributed by atoms with Crippen LogP contribution in [-0.4, -0.2) is 59.0 Å². The largest absolute Gasteiger partial charge is 0.365 e. The van der Waals surface area contributed by atoms with E-state index < -0.39 is 0 Å². The summed E-state index contributed by atoms with van der Waals surface area (Å²) in [6.07, 6.45) is 3.64. The number of fused-ring (bicyclic) bond motifs is 1. The van der Waals surface area contributed by atoms with Gasteiger partial charge in [0.25, 0.3) is 5.91 Å². The molecule has 7 heteroatoms. The maximum Gasteiger partial charge on any atom is 0.264 e. The predicted octanol–water partition coefficient (Wildman–Crippen LogP) is 5.35. The molecule has 3 aromatic rings. The number of hydrogen-bond acceptors (Lipinski definition) is 6. The Morgan fingerprint density at radius 2 is 1.71 bits per heavy atom. The van der Waals surface area contributed by atoms with E-state index in [1.165, 1.54) is 41.9 Å². The Morgan fingerprint density at radius 3 is 2.41 bits per heavy atom. The number of nitrogens with zero attached hydrogens (tertiary/aromatic N) is 5. The zero-order valence-corrected chi connectivity index (χ0v) is 21.8. The molecule has 0 spiro atoms. The van der Waals surface area contributed by atoms with Crippen LogP contribution in [0.3, 0.4) is 0 Å². The van der Waals surface area contributed by atoms with Gasteiger partial charge in [0, 0.05) is 44.0 Å². The summed E-state index contributed by atoms with van der Waals surface area (Å²) in [4.78, 5) is 31.9. The van der Waals surface area contributed by atoms with Gasteiger partial charge in [-0.1, -0.05) is 17.7 Å². The summed E-state index contributed by atoms with van der Waals surface area (Å²) in [6.45, 7) is 14.0. The number of anilines is 2. The minimum absolute atomic E-state index is 0.131. The fourth-order valence-electron chi connectivity index (χ4n) is 5.45. The van der Waals surface area contributed by atoms with Crippen LogP contribution in [0.2, 0.25) is 0 Å². The van der Waals surface area contributed by atoms with Gasteiger partial charge in [0.1, 0.15) is 16.5 Å². The Kier molecular flexibility index (Phi) is 6.23. The van der Waals surface area contributed by atoms with Crippen molar-refractivity contribution in [1.82, 2.24) is 14.9 Å². The van der Waals surface area contributed by atoms with Crippen LogP contribution in [0, 0.1) is 20.8 Å². The van der Waals surface area contributed by atoms with E-state index in [-0.39, 0.29) is 11.9 Å². The van der Waals surface area contributed by atoms with Crippen molar-refractivity contribution in [3.05, 3.63) is 46.1 Å². The average Bonchev–Trinajstić information content (AvgIpc) is 3.15. The molecule has 1 amide bonds. The van der Waals surface area contributed by atoms with Crippen molar-refractivity contribution >= 4 is 39.0 Å². The van der Waals surface area contributed by atoms with Gasteiger partial charge >= 0.3 is 0 Å². The molecule has 0 unspecified atom stereocenters. The van der Waals surface area contributed by atoms with E-state index in [0.717, 1.165) is 58.5 Å². The van der Waals surface area contributed by atoms with Crippen LogP contribution in [0.1, 0.15) is 59.7 Å². The van der Waals surface area contributed by atoms with Crippen molar-refractivity contribution in [3.63, 3.8) is 0 Å². The Bertz CT molecular complexity index is 1200. The van der Waals surface area contributed by atoms with Crippen molar-refractivity contribution < 1.29 is 4.79 Å². The number of thiophene rings is 1. The zero-order valence-electron chi connectivity index (χ0n) is 21.0. The van der Waals surface area contributed by atoms with Crippen LogP contribution in [0.5, 0.6) is 0 Å². The first-order chi connectivity index (χ1) is 16.3. The van der Waals surface area contributed by atoms with Crippen molar-refractivity contribution in [2.24, 2.45) is 0 Å². The standard InChI is InChI=1S/C27H35N5OS/c1-17-9-11-22(12-10-17)31-15-14-30(16-19(31)3)27(33)24-20(4)23-25(28-21(5)29-26(23)34-24)32-13-7-6-8-18(32)2/h9-12,18-19H,6-8,13-16H2,1-5H3/t18-,19-/m1/s1. The van der Waals surface area contributed by atoms with E-state index in [2.05, 4.69) is 61.8 Å². The smallest absolute Gasteiger partial charge is 0.264 e. The third-order valence-corrected chi connectivity index (χ3v) is 8.61. The van der Waals surface area contributed by atoms with Gasteiger partial charge in [-0.3, -0.25) is 4.79 Å². The molecule has 0 aliphatic carbocycles. The van der Waals surface area contributed by atoms with Gasteiger partial charge in [0.05, 0.1) is 10.3 Å². The molecule has 2 atom stereocenters. The molecule has 6 nitrogen and oxygen atoms in total. The van der Waals surface area contributed by atoms with Gasteiger partial charge in [-0.05, 0) is 71.6 Å². The third kappa shape index (κ3) is 4.15. The molecule has 2 aliphatic heterocycles. The Balaban J connectivity index is 1.42. The summed E-state index contributed by atoms with van der Waals surface area (Å²) in [6, 6.07) is 9.41. The first-order valence-electron chi connectivity index (χ1n) is 12.5. The first-order valence-corrected chi connectivity index (χ1v) is 13.3. The van der Waals surface area contributed by atoms with E-state index in [1.54, 1.807) is 0 Å². The topological polar surface area (TPSA) is 52.6 Å². The summed E-state index contributed by atoms with van der Waals surface area (Å²) < 4.78 is 0. The van der Waals surface area contributed by atoms with E-state index in [4.69, 9.17) is 9.97 Å². The number of piperidine rings is 1. The quantitative estimate of drug-likeness (QED) is 0.509. The lowest BCUT2D eigenvalue weighted by Gasteiger charge is -2.41. The molecule has 0 bridgehead atoms. The van der Waals surface area contributed by atoms with Crippen LogP contribution >= 0.6 is 11.3 Å². The van der Waals surface area contributed by atoms with Gasteiger partial charge in [-0.15, -0.1) is 11.3 Å². The molecule has 180 valence electrons. The zero-order chi connectivity index (χ0) is 24.0. The SMILES string of the molecule is Cc1ccc(N2CCN(C(=O)c3sc4nc(C)nc(N5CCCC[C@H]5C)c4c3C)C[C@H]2C)cc1. The Labute approximate surface area is 206 Å². The molecule has 0 N–H and O–H groups in total. The molecular weight excluding hydrogens is 442 g/mol. The van der Waals surface area contributed by atoms with Gasteiger partial charge in [-0.25, -0.2) is 9.97 Å². The second-order valence-corrected chi connectivity index (χ2v) is 11.0. The normalized spacial score (nSPS) is 21.4. The van der Waals surface area contributed by atoms with Gasteiger partial charge in [0.15, 0.2) is 0 Å². The van der Waals surface area contributed by atoms with Crippen LogP contribution < -0.4 is 9.80 Å². The number of carbonyl (C=O) groups excluding carboxylic acids is 1. The number of amides is 1. The molecule has 1 aromatic carbocycles. The fraction of sp³-hybridized carbons (Fsp3) is 0.519. The van der Waals surface area contributed by atoms with Crippen LogP contribution in [0.4, 0.5) is 11.5 Å². The lowest BCUT2D eigenvalue weighted by molar-refractivity contribution is 0.0730. The highest BCUT2D eigenvalue weighted by atomic mass is 32.1. The summed E-state index contributed by atoms with van der Waals surface area (Å²) >= 11 is 1.54. The second kappa shape index (κ2) is 9.17. The molecule has 2 fully saturated rings. The molecule has 2 aromatic heterocycles. The molecule has 0 radical (unpaired) electrons. The van der Waals surface area contributed by atoms with E-state index in [0.29, 0.717) is 6.04 Å². The highest BCUT2D eigenvalue weighted by molar-refractivity contribution is 7.20. The van der Waals surface area contributed by atoms with Crippen LogP contribution in [0.25, 0.3) is 10.2 Å². The lowest BCUT2D eigenvalue weighted by atomic mass is 10.0. The number of hydrogen-bond donors (Lipinski definition) is 0. The van der Waals surface area contributed by atoms with E-state index in [9.17, 15) is 4.79 Å². The van der Waals surface area contributed by atoms with Crippen molar-refractivity contribution in [2.45, 2.75) is 66.0 Å². The summed E-state index contributed by atoms with van der Waals surface area (Å²) in [5.41, 5.74) is 3.53. The molecule has 5 rings (SSSR count). The fourth-order valence-corrected chi connectivity index (χ4v) is 6.64. The minimum Gasteiger partial charge on any atom is -0.365 e. The van der Waals surface area contributed by atoms with Gasteiger partial charge < -0.3 is 14.7 Å². The maximum atomic E-state index is 13.7. The minimum atomic E-state index is 0.131. The summed E-state index contributed by atoms with van der Waals surface area (Å²) in [7, 11) is 0. The van der Waals surface area contributed by atoms with Gasteiger partial charge in [-0.2, -0.15) is 0 Å². The molecule has 2 aliphatic rings. The molecule has 34 heavy (non-hydrogen) atoms. The van der Waals surface area contributed by atoms with Crippen molar-refractivity contribution in [1.29, 1.82) is 0 Å². The van der Waals surface area contributed by atoms with Crippen LogP contribution in [-0.2, 0) is 0 Å². The maximum absolute atomic E-state index is 13.7. The lowest BCUT2D eigenvalue weighted by Crippen LogP contribution is -2.53. The van der Waals surface area contributed by atoms with E-state index >= 15 is 0 Å². The molecule has 2 saturated heterocycles. The number of piperazine rings is 1. The number of benzene rings is 1. The highest BCUT2D eigenvalue weighted by Crippen LogP contribution is 2.38. The predicted molar refractivity (Wildman–Crippen MR) is 141 cm³/mol. The summed E-state index contributed by atoms with van der Waals surface area (Å²) in [5.74, 6) is 1.92. The number of carbonyl (C=O) groups is 1. The second-order valence-electron chi connectivity index (χ2n) is 10.00. The molecule has 0 saturated carbocycles. The number of aryl methyl sites for hydroxylation is 3. The van der Waals surface area contributed by atoms with Crippen molar-refractivity contribution in [2.75, 3.05) is 36.0 Å². The van der Waals surface area contributed by atoms with Gasteiger partial charge in [0.2, 0.25) is 0 Å². The first kappa shape index (κ1) is 23.1. The third-order valence-electron chi connectivity index (χ3n) is 7.43. The monoisotopic (exact) mass is 477 g/mol. The molecular formula is C27H35N5OS. The Hall–Kier alpha value is -2.67. The van der Waals surface area contributed by atoms with E-state index in [1.807, 2.05) is 11.8 Å². The highest BCUT2D eigenvalue weighted by Gasteiger charge is 2.31. The van der Waals surface area contributed by atoms with Crippen LogP contribution in [0.15, 0.2) is 24.3 Å². The molecule has 4 heterocycles. The number of rotatable bonds is 3. The van der Waals surface area contributed by atoms with Crippen molar-refractivity contribution in [3.8, 4) is 0 Å².